The number of hydrogen-bond donors (Lipinski definition) is 4. The third-order valence-corrected chi connectivity index (χ3v) is 12.4. The molecule has 5 N–H and O–H groups in total. The van der Waals surface area contributed by atoms with E-state index in [1.807, 2.05) is 0 Å². The number of rotatable bonds is 12. The van der Waals surface area contributed by atoms with Crippen molar-refractivity contribution in [2.75, 3.05) is 44.2 Å². The number of likely N-dealkylation sites (tertiary alicyclic amines) is 2. The Morgan fingerprint density at radius 2 is 1.83 bits per heavy atom. The zero-order valence-electron chi connectivity index (χ0n) is 28.6. The predicted molar refractivity (Wildman–Crippen MR) is 187 cm³/mol. The van der Waals surface area contributed by atoms with Crippen molar-refractivity contribution < 1.29 is 53.7 Å². The quantitative estimate of drug-likeness (QED) is 0.0783. The number of aliphatic carboxylic acids is 2. The summed E-state index contributed by atoms with van der Waals surface area (Å²) >= 11 is 2.43. The molecule has 0 aliphatic carbocycles. The molecule has 6 rings (SSSR count). The van der Waals surface area contributed by atoms with Gasteiger partial charge in [-0.05, 0) is 32.0 Å². The van der Waals surface area contributed by atoms with Gasteiger partial charge in [0.25, 0.3) is 5.91 Å². The van der Waals surface area contributed by atoms with Gasteiger partial charge in [-0.1, -0.05) is 5.16 Å². The molecule has 2 atom stereocenters. The lowest BCUT2D eigenvalue weighted by molar-refractivity contribution is -0.937. The molecule has 18 heteroatoms. The van der Waals surface area contributed by atoms with E-state index in [0.29, 0.717) is 48.3 Å². The number of ketones is 1. The minimum atomic E-state index is -1.76. The molecule has 0 saturated carbocycles. The van der Waals surface area contributed by atoms with E-state index in [9.17, 15) is 44.4 Å². The predicted octanol–water partition coefficient (Wildman–Crippen LogP) is 1.13. The number of phenols is 2. The molecule has 4 aliphatic rings. The SMILES string of the molecule is CC(C)(O/N=C(/C(=O)C[C@@H]1C(=O)N2C(C(=O)[O-])=C(C[N+]3(C4CCN(C(=O)c5ccc(O)c(O)c5)CC4)CCCC3)CS[C@H]12)c1csc(N)n1)C(=O)O. The molecule has 1 aromatic carbocycles. The molecular weight excluding hydrogens is 717 g/mol. The van der Waals surface area contributed by atoms with Gasteiger partial charge in [-0.3, -0.25) is 19.3 Å². The van der Waals surface area contributed by atoms with Gasteiger partial charge in [0.2, 0.25) is 11.5 Å². The van der Waals surface area contributed by atoms with E-state index in [1.165, 1.54) is 54.1 Å². The van der Waals surface area contributed by atoms with Crippen molar-refractivity contribution in [3.05, 3.63) is 46.1 Å². The lowest BCUT2D eigenvalue weighted by Gasteiger charge is -2.52. The Balaban J connectivity index is 1.16. The highest BCUT2D eigenvalue weighted by Crippen LogP contribution is 2.46. The normalized spacial score (nSPS) is 22.2. The molecule has 278 valence electrons. The molecule has 2 aromatic rings. The Labute approximate surface area is 307 Å². The fraction of sp³-hybridized carbons (Fsp3) is 0.500. The van der Waals surface area contributed by atoms with Crippen LogP contribution in [0.15, 0.2) is 40.0 Å². The number of carboxylic acid groups (broad SMARTS) is 2. The minimum Gasteiger partial charge on any atom is -0.543 e. The number of Topliss-reactive ketones (excluding diaryl/α,β-unsaturated/α-hetero) is 1. The number of fused-ring (bicyclic) bond motifs is 1. The average Bonchev–Trinajstić information content (AvgIpc) is 3.77. The van der Waals surface area contributed by atoms with E-state index in [1.54, 1.807) is 4.90 Å². The Morgan fingerprint density at radius 3 is 2.42 bits per heavy atom. The van der Waals surface area contributed by atoms with Crippen molar-refractivity contribution in [3.63, 3.8) is 0 Å². The maximum atomic E-state index is 13.6. The molecule has 0 unspecified atom stereocenters. The molecule has 1 aromatic heterocycles. The van der Waals surface area contributed by atoms with Crippen molar-refractivity contribution in [1.82, 2.24) is 14.8 Å². The first-order chi connectivity index (χ1) is 24.6. The first-order valence-electron chi connectivity index (χ1n) is 16.9. The minimum absolute atomic E-state index is 0.0701. The van der Waals surface area contributed by atoms with Crippen LogP contribution < -0.4 is 10.8 Å². The van der Waals surface area contributed by atoms with Gasteiger partial charge in [0.05, 0.1) is 42.1 Å². The van der Waals surface area contributed by atoms with E-state index >= 15 is 0 Å². The van der Waals surface area contributed by atoms with Crippen molar-refractivity contribution in [3.8, 4) is 11.5 Å². The second-order valence-electron chi connectivity index (χ2n) is 14.1. The largest absolute Gasteiger partial charge is 0.543 e. The maximum Gasteiger partial charge on any atom is 0.350 e. The third kappa shape index (κ3) is 7.06. The van der Waals surface area contributed by atoms with Crippen LogP contribution in [0.4, 0.5) is 5.13 Å². The topological polar surface area (TPSA) is 236 Å². The fourth-order valence-corrected chi connectivity index (χ4v) is 9.46. The number of nitrogens with two attached hydrogens (primary N) is 1. The third-order valence-electron chi connectivity index (χ3n) is 10.4. The van der Waals surface area contributed by atoms with Gasteiger partial charge in [-0.15, -0.1) is 23.1 Å². The molecular formula is C34H40N6O10S2. The highest BCUT2D eigenvalue weighted by Gasteiger charge is 2.54. The summed E-state index contributed by atoms with van der Waals surface area (Å²) in [5.41, 5.74) is 4.50. The van der Waals surface area contributed by atoms with Crippen LogP contribution >= 0.6 is 23.1 Å². The molecule has 16 nitrogen and oxygen atoms in total. The van der Waals surface area contributed by atoms with Gasteiger partial charge in [0.1, 0.15) is 12.2 Å². The van der Waals surface area contributed by atoms with E-state index in [4.69, 9.17) is 10.6 Å². The van der Waals surface area contributed by atoms with E-state index in [-0.39, 0.29) is 57.7 Å². The van der Waals surface area contributed by atoms with Crippen LogP contribution in [0.5, 0.6) is 11.5 Å². The summed E-state index contributed by atoms with van der Waals surface area (Å²) in [6.45, 7) is 5.56. The molecule has 0 bridgehead atoms. The lowest BCUT2D eigenvalue weighted by Crippen LogP contribution is -2.64. The van der Waals surface area contributed by atoms with Crippen LogP contribution in [0, 0.1) is 5.92 Å². The van der Waals surface area contributed by atoms with Gasteiger partial charge < -0.3 is 45.2 Å². The van der Waals surface area contributed by atoms with Crippen LogP contribution in [0.2, 0.25) is 0 Å². The number of oxime groups is 1. The fourth-order valence-electron chi connectivity index (χ4n) is 7.51. The first-order valence-corrected chi connectivity index (χ1v) is 18.8. The van der Waals surface area contributed by atoms with Crippen molar-refractivity contribution in [2.45, 2.75) is 63.0 Å². The number of aromatic nitrogens is 1. The number of hydrogen-bond acceptors (Lipinski definition) is 14. The zero-order chi connectivity index (χ0) is 37.5. The number of thiazole rings is 1. The van der Waals surface area contributed by atoms with Gasteiger partial charge in [0, 0.05) is 67.5 Å². The number of benzene rings is 1. The number of aromatic hydroxyl groups is 2. The average molecular weight is 757 g/mol. The first kappa shape index (κ1) is 37.1. The summed E-state index contributed by atoms with van der Waals surface area (Å²) in [7, 11) is 0. The smallest absolute Gasteiger partial charge is 0.350 e. The molecule has 0 radical (unpaired) electrons. The molecule has 5 heterocycles. The van der Waals surface area contributed by atoms with Gasteiger partial charge in [-0.2, -0.15) is 0 Å². The van der Waals surface area contributed by atoms with Crippen molar-refractivity contribution >= 4 is 63.5 Å². The lowest BCUT2D eigenvalue weighted by atomic mass is 9.89. The number of anilines is 1. The summed E-state index contributed by atoms with van der Waals surface area (Å²) in [5, 5.41) is 46.4. The van der Waals surface area contributed by atoms with Crippen LogP contribution in [0.25, 0.3) is 0 Å². The number of quaternary nitrogens is 1. The Kier molecular flexibility index (Phi) is 10.3. The number of nitrogens with zero attached hydrogens (tertiary/aromatic N) is 5. The number of thioether (sulfide) groups is 1. The van der Waals surface area contributed by atoms with Crippen LogP contribution in [-0.2, 0) is 24.0 Å². The summed E-state index contributed by atoms with van der Waals surface area (Å²) in [4.78, 5) is 76.8. The maximum absolute atomic E-state index is 13.6. The van der Waals surface area contributed by atoms with Gasteiger partial charge in [-0.25, -0.2) is 9.78 Å². The van der Waals surface area contributed by atoms with E-state index in [2.05, 4.69) is 10.1 Å². The number of β-lactam (4-membered cyclic amide) rings is 1. The van der Waals surface area contributed by atoms with E-state index < -0.39 is 40.5 Å². The number of carboxylic acids is 2. The van der Waals surface area contributed by atoms with Crippen LogP contribution in [-0.4, -0.2) is 125 Å². The monoisotopic (exact) mass is 756 g/mol. The Hall–Kier alpha value is -4.68. The summed E-state index contributed by atoms with van der Waals surface area (Å²) < 4.78 is 0.645. The molecule has 3 saturated heterocycles. The van der Waals surface area contributed by atoms with Crippen molar-refractivity contribution in [2.24, 2.45) is 11.1 Å². The number of piperidine rings is 1. The van der Waals surface area contributed by atoms with E-state index in [0.717, 1.165) is 37.3 Å². The second-order valence-corrected chi connectivity index (χ2v) is 16.1. The summed E-state index contributed by atoms with van der Waals surface area (Å²) in [6, 6.07) is 4.15. The number of carbonyl (C=O) groups is 5. The molecule has 52 heavy (non-hydrogen) atoms. The number of nitrogen functional groups attached to an aromatic ring is 1. The highest BCUT2D eigenvalue weighted by atomic mass is 32.2. The second kappa shape index (κ2) is 14.4. The standard InChI is InChI=1S/C34H40N6O10S2/c1-34(2,32(48)49)50-37-26(22-17-52-33(35)36-22)25(43)14-21-29(45)39-27(31(46)47)19(16-51-30(21)39)15-40(11-3-4-12-40)20-7-9-38(10-8-20)28(44)18-5-6-23(41)24(42)13-18/h5-6,13,17,20-21,30H,3-4,7-12,14-16H2,1-2H3,(H5-,35,36,37,41,42,43,44,46,47,48,49)/t21-,30-/m1/s1. The molecule has 3 fully saturated rings. The molecule has 4 aliphatic heterocycles. The van der Waals surface area contributed by atoms with Crippen LogP contribution in [0.3, 0.4) is 0 Å². The Morgan fingerprint density at radius 1 is 1.13 bits per heavy atom. The number of carbonyl (C=O) groups excluding carboxylic acids is 4. The summed E-state index contributed by atoms with van der Waals surface area (Å²) in [6.07, 6.45) is 2.97. The van der Waals surface area contributed by atoms with Crippen molar-refractivity contribution in [1.29, 1.82) is 0 Å². The highest BCUT2D eigenvalue weighted by molar-refractivity contribution is 8.00. The van der Waals surface area contributed by atoms with Gasteiger partial charge >= 0.3 is 5.97 Å². The molecule has 0 spiro atoms. The molecule has 2 amide bonds. The number of amides is 2. The number of phenolic OH excluding ortho intramolecular Hbond substituents is 2. The Bertz CT molecular complexity index is 1860. The summed E-state index contributed by atoms with van der Waals surface area (Å²) in [5.74, 6) is -5.40. The van der Waals surface area contributed by atoms with Crippen LogP contribution in [0.1, 0.15) is 62.0 Å². The van der Waals surface area contributed by atoms with Gasteiger partial charge in [0.15, 0.2) is 28.1 Å². The zero-order valence-corrected chi connectivity index (χ0v) is 30.3.